The van der Waals surface area contributed by atoms with Gasteiger partial charge < -0.3 is 9.38 Å². The summed E-state index contributed by atoms with van der Waals surface area (Å²) in [5, 5.41) is 10.7. The van der Waals surface area contributed by atoms with Crippen molar-refractivity contribution < 1.29 is 0 Å². The van der Waals surface area contributed by atoms with Gasteiger partial charge in [0.1, 0.15) is 0 Å². The van der Waals surface area contributed by atoms with E-state index in [1.807, 2.05) is 34.0 Å². The molecule has 296 valence electrons. The number of nitrogens with zero attached hydrogens (tertiary/aromatic N) is 2. The molecular formula is C56H41BN2S3. The molecule has 0 bridgehead atoms. The van der Waals surface area contributed by atoms with Crippen molar-refractivity contribution in [3.63, 3.8) is 0 Å². The molecule has 8 aromatic carbocycles. The molecule has 0 amide bonds. The summed E-state index contributed by atoms with van der Waals surface area (Å²) in [5.74, 6) is 0. The molecule has 0 saturated carbocycles. The molecule has 2 nitrogen and oxygen atoms in total. The van der Waals surface area contributed by atoms with Crippen LogP contribution in [-0.4, -0.2) is 11.3 Å². The van der Waals surface area contributed by atoms with Crippen LogP contribution in [0.4, 0.5) is 17.1 Å². The van der Waals surface area contributed by atoms with E-state index in [4.69, 9.17) is 0 Å². The van der Waals surface area contributed by atoms with Gasteiger partial charge in [-0.2, -0.15) is 0 Å². The Labute approximate surface area is 372 Å². The van der Waals surface area contributed by atoms with E-state index in [2.05, 4.69) is 190 Å². The van der Waals surface area contributed by atoms with Gasteiger partial charge in [0.15, 0.2) is 0 Å². The quantitative estimate of drug-likeness (QED) is 0.149. The van der Waals surface area contributed by atoms with Gasteiger partial charge in [-0.25, -0.2) is 0 Å². The topological polar surface area (TPSA) is 8.17 Å². The molecule has 14 rings (SSSR count). The minimum Gasteiger partial charge on any atom is -0.375 e. The number of aromatic nitrogens is 1. The lowest BCUT2D eigenvalue weighted by atomic mass is 9.45. The number of thiophene rings is 3. The molecule has 0 spiro atoms. The molecule has 6 heteroatoms. The van der Waals surface area contributed by atoms with Crippen molar-refractivity contribution in [1.29, 1.82) is 0 Å². The summed E-state index contributed by atoms with van der Waals surface area (Å²) < 4.78 is 10.8. The first kappa shape index (κ1) is 35.7. The van der Waals surface area contributed by atoms with Crippen molar-refractivity contribution in [1.82, 2.24) is 4.48 Å². The molecule has 0 radical (unpaired) electrons. The van der Waals surface area contributed by atoms with Crippen molar-refractivity contribution in [2.45, 2.75) is 52.4 Å². The Morgan fingerprint density at radius 3 is 1.76 bits per heavy atom. The summed E-state index contributed by atoms with van der Waals surface area (Å²) in [5.41, 5.74) is 14.6. The van der Waals surface area contributed by atoms with E-state index >= 15 is 0 Å². The molecule has 0 fully saturated rings. The van der Waals surface area contributed by atoms with E-state index in [0.29, 0.717) is 0 Å². The average Bonchev–Trinajstić information content (AvgIpc) is 4.02. The maximum Gasteiger partial charge on any atom is 0.333 e. The molecule has 2 aliphatic heterocycles. The number of benzene rings is 8. The highest BCUT2D eigenvalue weighted by molar-refractivity contribution is 7.27. The fraction of sp³-hybridized carbons (Fsp3) is 0.143. The lowest BCUT2D eigenvalue weighted by Crippen LogP contribution is -2.56. The first-order chi connectivity index (χ1) is 30.0. The van der Waals surface area contributed by atoms with E-state index in [0.717, 1.165) is 0 Å². The smallest absolute Gasteiger partial charge is 0.333 e. The minimum absolute atomic E-state index is 0.0201. The maximum absolute atomic E-state index is 2.76. The Hall–Kier alpha value is -5.92. The monoisotopic (exact) mass is 848 g/mol. The van der Waals surface area contributed by atoms with Gasteiger partial charge in [0.05, 0.1) is 0 Å². The second-order valence-corrected chi connectivity index (χ2v) is 22.9. The van der Waals surface area contributed by atoms with Gasteiger partial charge in [-0.05, 0) is 112 Å². The molecular weight excluding hydrogens is 808 g/mol. The van der Waals surface area contributed by atoms with Crippen LogP contribution in [0.3, 0.4) is 0 Å². The summed E-state index contributed by atoms with van der Waals surface area (Å²) in [7, 11) is 0. The van der Waals surface area contributed by atoms with E-state index in [-0.39, 0.29) is 17.7 Å². The Morgan fingerprint density at radius 1 is 0.452 bits per heavy atom. The molecule has 0 aliphatic carbocycles. The summed E-state index contributed by atoms with van der Waals surface area (Å²) in [4.78, 5) is 2.65. The molecule has 4 aromatic heterocycles. The van der Waals surface area contributed by atoms with Gasteiger partial charge in [0, 0.05) is 111 Å². The van der Waals surface area contributed by atoms with Crippen LogP contribution in [0.25, 0.3) is 93.4 Å². The third-order valence-electron chi connectivity index (χ3n) is 14.0. The molecule has 12 aromatic rings. The number of fused-ring (bicyclic) bond motifs is 17. The minimum atomic E-state index is -0.0458. The van der Waals surface area contributed by atoms with Crippen molar-refractivity contribution >= 4 is 151 Å². The van der Waals surface area contributed by atoms with Gasteiger partial charge in [-0.15, -0.1) is 34.0 Å². The van der Waals surface area contributed by atoms with Gasteiger partial charge >= 0.3 is 6.85 Å². The predicted octanol–water partition coefficient (Wildman–Crippen LogP) is 15.9. The van der Waals surface area contributed by atoms with E-state index in [1.165, 1.54) is 133 Å². The molecule has 0 unspecified atom stereocenters. The third kappa shape index (κ3) is 4.65. The molecule has 2 aliphatic rings. The predicted molar refractivity (Wildman–Crippen MR) is 276 cm³/mol. The van der Waals surface area contributed by atoms with E-state index in [1.54, 1.807) is 0 Å². The van der Waals surface area contributed by atoms with Crippen LogP contribution in [0.15, 0.2) is 140 Å². The number of hydrogen-bond acceptors (Lipinski definition) is 4. The SMILES string of the molecule is CC(C)(C)c1ccc2c(c1)c1cc(C(C)(C)C)cc3c1n2B1c2cc4sc5ccccc5c4cc2N(c2ccc4sc5ccccc5c4c2)c2cc4c(sc5ccccc54)c-3c21. The molecule has 62 heavy (non-hydrogen) atoms. The van der Waals surface area contributed by atoms with Gasteiger partial charge in [0.25, 0.3) is 0 Å². The van der Waals surface area contributed by atoms with Crippen LogP contribution in [0.5, 0.6) is 0 Å². The lowest BCUT2D eigenvalue weighted by molar-refractivity contribution is 0.590. The summed E-state index contributed by atoms with van der Waals surface area (Å²) in [6.45, 7) is 14.1. The average molecular weight is 849 g/mol. The second kappa shape index (κ2) is 12.0. The highest BCUT2D eigenvalue weighted by Gasteiger charge is 2.45. The lowest BCUT2D eigenvalue weighted by Gasteiger charge is -2.41. The standard InChI is InChI=1S/C56H41BN2S3/c1-55(2,3)30-19-21-43-36(23-30)39-24-31(56(4,5)6)25-41-51-52-45(28-40-35-15-9-12-18-48(35)62-54(40)51)58(32-20-22-49-37(26-32)33-13-7-10-16-46(33)60-49)44-27-38-34-14-8-11-17-47(34)61-50(38)29-42(44)57(52)59(43)53(39)41/h7-29H,1-6H3. The van der Waals surface area contributed by atoms with Crippen LogP contribution in [0, 0.1) is 0 Å². The second-order valence-electron chi connectivity index (χ2n) is 19.7. The van der Waals surface area contributed by atoms with Crippen LogP contribution in [-0.2, 0) is 10.8 Å². The van der Waals surface area contributed by atoms with Gasteiger partial charge in [0.2, 0.25) is 0 Å². The van der Waals surface area contributed by atoms with E-state index < -0.39 is 0 Å². The summed E-state index contributed by atoms with van der Waals surface area (Å²) in [6.07, 6.45) is 0. The van der Waals surface area contributed by atoms with Crippen molar-refractivity contribution in [2.75, 3.05) is 4.90 Å². The van der Waals surface area contributed by atoms with Crippen molar-refractivity contribution in [3.8, 4) is 11.1 Å². The summed E-state index contributed by atoms with van der Waals surface area (Å²) in [6, 6.07) is 54.3. The number of rotatable bonds is 1. The zero-order chi connectivity index (χ0) is 41.6. The third-order valence-corrected chi connectivity index (χ3v) is 17.5. The van der Waals surface area contributed by atoms with Gasteiger partial charge in [-0.1, -0.05) is 102 Å². The normalized spacial score (nSPS) is 13.9. The Morgan fingerprint density at radius 2 is 1.05 bits per heavy atom. The largest absolute Gasteiger partial charge is 0.375 e. The van der Waals surface area contributed by atoms with Crippen LogP contribution in [0.2, 0.25) is 0 Å². The number of hydrogen-bond donors (Lipinski definition) is 0. The molecule has 6 heterocycles. The van der Waals surface area contributed by atoms with Crippen LogP contribution >= 0.6 is 34.0 Å². The zero-order valence-corrected chi connectivity index (χ0v) is 37.9. The highest BCUT2D eigenvalue weighted by Crippen LogP contribution is 2.53. The molecule has 0 saturated heterocycles. The van der Waals surface area contributed by atoms with Crippen molar-refractivity contribution in [3.05, 3.63) is 151 Å². The first-order valence-electron chi connectivity index (χ1n) is 21.8. The zero-order valence-electron chi connectivity index (χ0n) is 35.5. The Balaban J connectivity index is 1.21. The Bertz CT molecular complexity index is 3970. The van der Waals surface area contributed by atoms with Crippen LogP contribution < -0.4 is 15.8 Å². The maximum atomic E-state index is 2.76. The first-order valence-corrected chi connectivity index (χ1v) is 24.2. The van der Waals surface area contributed by atoms with Gasteiger partial charge in [-0.3, -0.25) is 0 Å². The molecule has 0 atom stereocenters. The van der Waals surface area contributed by atoms with E-state index in [9.17, 15) is 0 Å². The van der Waals surface area contributed by atoms with Crippen LogP contribution in [0.1, 0.15) is 52.7 Å². The molecule has 0 N–H and O–H groups in total. The fourth-order valence-corrected chi connectivity index (χ4v) is 14.5. The Kier molecular flexibility index (Phi) is 6.88. The highest BCUT2D eigenvalue weighted by atomic mass is 32.1. The number of anilines is 3. The van der Waals surface area contributed by atoms with Crippen molar-refractivity contribution in [2.24, 2.45) is 0 Å². The fourth-order valence-electron chi connectivity index (χ4n) is 11.0. The summed E-state index contributed by atoms with van der Waals surface area (Å²) >= 11 is 5.79.